The molecule has 0 aliphatic heterocycles. The normalized spacial score (nSPS) is 10.8. The molecule has 29 heavy (non-hydrogen) atoms. The maximum Gasteiger partial charge on any atom is 0.222 e. The summed E-state index contributed by atoms with van der Waals surface area (Å²) < 4.78 is 15.6. The summed E-state index contributed by atoms with van der Waals surface area (Å²) in [4.78, 5) is 21.0. The molecule has 1 amide bonds. The van der Waals surface area contributed by atoms with Crippen LogP contribution in [0.25, 0.3) is 16.9 Å². The van der Waals surface area contributed by atoms with Crippen LogP contribution in [0.15, 0.2) is 73.2 Å². The first-order chi connectivity index (χ1) is 14.2. The maximum absolute atomic E-state index is 13.7. The molecule has 0 aliphatic carbocycles. The standard InChI is InChI=1S/C22H20FN5O/c23-18-9-5-4-8-17(18)14-26-20(29)10-11-25-22-21(16-6-2-1-3-7-16)27-19-15-24-12-13-28(19)22/h1-9,12-13,15,25H,10-11,14H2,(H,26,29). The maximum atomic E-state index is 13.7. The van der Waals surface area contributed by atoms with Gasteiger partial charge in [0.05, 0.1) is 6.20 Å². The summed E-state index contributed by atoms with van der Waals surface area (Å²) in [5, 5.41) is 6.06. The number of amides is 1. The zero-order valence-electron chi connectivity index (χ0n) is 15.7. The number of aromatic nitrogens is 3. The minimum atomic E-state index is -0.322. The molecule has 0 bridgehead atoms. The van der Waals surface area contributed by atoms with E-state index in [0.29, 0.717) is 12.1 Å². The largest absolute Gasteiger partial charge is 0.369 e. The Balaban J connectivity index is 1.43. The van der Waals surface area contributed by atoms with Gasteiger partial charge < -0.3 is 10.6 Å². The first-order valence-corrected chi connectivity index (χ1v) is 9.34. The van der Waals surface area contributed by atoms with Gasteiger partial charge in [-0.05, 0) is 6.07 Å². The van der Waals surface area contributed by atoms with Crippen LogP contribution in [-0.2, 0) is 11.3 Å². The molecule has 0 unspecified atom stereocenters. The molecule has 0 aliphatic rings. The SMILES string of the molecule is O=C(CCNc1c(-c2ccccc2)nc2cnccn12)NCc1ccccc1F. The summed E-state index contributed by atoms with van der Waals surface area (Å²) in [6.45, 7) is 0.584. The van der Waals surface area contributed by atoms with Crippen LogP contribution in [0.1, 0.15) is 12.0 Å². The fourth-order valence-corrected chi connectivity index (χ4v) is 3.09. The Labute approximate surface area is 167 Å². The van der Waals surface area contributed by atoms with Crippen molar-refractivity contribution in [1.82, 2.24) is 19.7 Å². The Morgan fingerprint density at radius 1 is 1.07 bits per heavy atom. The number of imidazole rings is 1. The smallest absolute Gasteiger partial charge is 0.222 e. The lowest BCUT2D eigenvalue weighted by Crippen LogP contribution is -2.25. The van der Waals surface area contributed by atoms with E-state index < -0.39 is 0 Å². The van der Waals surface area contributed by atoms with Crippen molar-refractivity contribution in [3.05, 3.63) is 84.6 Å². The van der Waals surface area contributed by atoms with E-state index in [1.54, 1.807) is 30.6 Å². The molecule has 6 nitrogen and oxygen atoms in total. The summed E-state index contributed by atoms with van der Waals surface area (Å²) in [5.74, 6) is 0.325. The number of nitrogens with zero attached hydrogens (tertiary/aromatic N) is 3. The van der Waals surface area contributed by atoms with Crippen LogP contribution in [0.4, 0.5) is 10.2 Å². The number of anilines is 1. The van der Waals surface area contributed by atoms with Crippen LogP contribution in [-0.4, -0.2) is 26.8 Å². The molecule has 2 N–H and O–H groups in total. The lowest BCUT2D eigenvalue weighted by molar-refractivity contribution is -0.121. The molecular weight excluding hydrogens is 369 g/mol. The van der Waals surface area contributed by atoms with Crippen molar-refractivity contribution in [1.29, 1.82) is 0 Å². The number of benzene rings is 2. The Bertz CT molecular complexity index is 1130. The summed E-state index contributed by atoms with van der Waals surface area (Å²) in [5.41, 5.74) is 2.96. The van der Waals surface area contributed by atoms with E-state index >= 15 is 0 Å². The highest BCUT2D eigenvalue weighted by Crippen LogP contribution is 2.28. The van der Waals surface area contributed by atoms with Crippen molar-refractivity contribution in [3.63, 3.8) is 0 Å². The Morgan fingerprint density at radius 2 is 1.86 bits per heavy atom. The van der Waals surface area contributed by atoms with E-state index in [1.807, 2.05) is 40.9 Å². The second kappa shape index (κ2) is 8.52. The first kappa shape index (κ1) is 18.6. The third-order valence-corrected chi connectivity index (χ3v) is 4.56. The molecule has 0 atom stereocenters. The van der Waals surface area contributed by atoms with Gasteiger partial charge in [-0.3, -0.25) is 14.2 Å². The molecule has 0 saturated carbocycles. The molecule has 2 aromatic heterocycles. The topological polar surface area (TPSA) is 71.3 Å². The molecule has 0 spiro atoms. The van der Waals surface area contributed by atoms with Crippen LogP contribution in [0.3, 0.4) is 0 Å². The third kappa shape index (κ3) is 4.24. The number of carbonyl (C=O) groups is 1. The Hall–Kier alpha value is -3.74. The van der Waals surface area contributed by atoms with Gasteiger partial charge >= 0.3 is 0 Å². The van der Waals surface area contributed by atoms with Crippen LogP contribution in [0.5, 0.6) is 0 Å². The van der Waals surface area contributed by atoms with Gasteiger partial charge in [0.2, 0.25) is 5.91 Å². The Morgan fingerprint density at radius 3 is 2.69 bits per heavy atom. The van der Waals surface area contributed by atoms with Crippen molar-refractivity contribution in [2.75, 3.05) is 11.9 Å². The molecule has 2 heterocycles. The minimum Gasteiger partial charge on any atom is -0.369 e. The van der Waals surface area contributed by atoms with E-state index in [2.05, 4.69) is 20.6 Å². The number of nitrogens with one attached hydrogen (secondary N) is 2. The number of rotatable bonds is 7. The number of hydrogen-bond donors (Lipinski definition) is 2. The third-order valence-electron chi connectivity index (χ3n) is 4.56. The van der Waals surface area contributed by atoms with Gasteiger partial charge in [-0.15, -0.1) is 0 Å². The van der Waals surface area contributed by atoms with E-state index in [9.17, 15) is 9.18 Å². The van der Waals surface area contributed by atoms with E-state index in [1.165, 1.54) is 6.07 Å². The van der Waals surface area contributed by atoms with Crippen LogP contribution >= 0.6 is 0 Å². The van der Waals surface area contributed by atoms with Gasteiger partial charge in [-0.25, -0.2) is 9.37 Å². The Kier molecular flexibility index (Phi) is 5.47. The van der Waals surface area contributed by atoms with Crippen molar-refractivity contribution in [2.24, 2.45) is 0 Å². The summed E-state index contributed by atoms with van der Waals surface area (Å²) >= 11 is 0. The lowest BCUT2D eigenvalue weighted by atomic mass is 10.1. The van der Waals surface area contributed by atoms with E-state index in [0.717, 1.165) is 22.7 Å². The number of hydrogen-bond acceptors (Lipinski definition) is 4. The molecule has 7 heteroatoms. The summed E-state index contributed by atoms with van der Waals surface area (Å²) in [6.07, 6.45) is 5.46. The van der Waals surface area contributed by atoms with Gasteiger partial charge in [0.25, 0.3) is 0 Å². The second-order valence-corrected chi connectivity index (χ2v) is 6.52. The quantitative estimate of drug-likeness (QED) is 0.506. The predicted octanol–water partition coefficient (Wildman–Crippen LogP) is 3.65. The highest BCUT2D eigenvalue weighted by atomic mass is 19.1. The van der Waals surface area contributed by atoms with Crippen LogP contribution < -0.4 is 10.6 Å². The van der Waals surface area contributed by atoms with Gasteiger partial charge in [0.1, 0.15) is 17.3 Å². The molecule has 4 rings (SSSR count). The number of fused-ring (bicyclic) bond motifs is 1. The highest BCUT2D eigenvalue weighted by molar-refractivity contribution is 5.78. The van der Waals surface area contributed by atoms with Crippen molar-refractivity contribution in [2.45, 2.75) is 13.0 Å². The van der Waals surface area contributed by atoms with Gasteiger partial charge in [0.15, 0.2) is 5.65 Å². The molecule has 0 fully saturated rings. The van der Waals surface area contributed by atoms with Crippen LogP contribution in [0, 0.1) is 5.82 Å². The molecule has 2 aromatic carbocycles. The molecule has 4 aromatic rings. The average Bonchev–Trinajstić information content (AvgIpc) is 3.12. The summed E-state index contributed by atoms with van der Waals surface area (Å²) in [6, 6.07) is 16.3. The molecule has 0 radical (unpaired) electrons. The van der Waals surface area contributed by atoms with E-state index in [-0.39, 0.29) is 24.7 Å². The average molecular weight is 389 g/mol. The van der Waals surface area contributed by atoms with Crippen LogP contribution in [0.2, 0.25) is 0 Å². The van der Waals surface area contributed by atoms with Gasteiger partial charge in [-0.2, -0.15) is 0 Å². The van der Waals surface area contributed by atoms with Crippen molar-refractivity contribution >= 4 is 17.4 Å². The monoisotopic (exact) mass is 389 g/mol. The number of carbonyl (C=O) groups excluding carboxylic acids is 1. The zero-order valence-corrected chi connectivity index (χ0v) is 15.7. The number of halogens is 1. The zero-order chi connectivity index (χ0) is 20.1. The molecule has 0 saturated heterocycles. The fraction of sp³-hybridized carbons (Fsp3) is 0.136. The van der Waals surface area contributed by atoms with Gasteiger partial charge in [0, 0.05) is 43.0 Å². The van der Waals surface area contributed by atoms with E-state index in [4.69, 9.17) is 0 Å². The van der Waals surface area contributed by atoms with Crippen molar-refractivity contribution in [3.8, 4) is 11.3 Å². The van der Waals surface area contributed by atoms with Gasteiger partial charge in [-0.1, -0.05) is 48.5 Å². The second-order valence-electron chi connectivity index (χ2n) is 6.52. The predicted molar refractivity (Wildman–Crippen MR) is 110 cm³/mol. The molecular formula is C22H20FN5O. The van der Waals surface area contributed by atoms with Crippen molar-refractivity contribution < 1.29 is 9.18 Å². The summed E-state index contributed by atoms with van der Waals surface area (Å²) in [7, 11) is 0. The first-order valence-electron chi connectivity index (χ1n) is 9.34. The molecule has 146 valence electrons. The minimum absolute atomic E-state index is 0.155. The highest BCUT2D eigenvalue weighted by Gasteiger charge is 2.14. The lowest BCUT2D eigenvalue weighted by Gasteiger charge is -2.10. The fourth-order valence-electron chi connectivity index (χ4n) is 3.09.